The SMILES string of the molecule is CCOc1nc(N)nc(-c2ccc(Cl)cc2)n1. The quantitative estimate of drug-likeness (QED) is 0.904. The first-order chi connectivity index (χ1) is 8.19. The van der Waals surface area contributed by atoms with Gasteiger partial charge in [-0.05, 0) is 31.2 Å². The first-order valence-electron chi connectivity index (χ1n) is 5.09. The predicted molar refractivity (Wildman–Crippen MR) is 65.9 cm³/mol. The van der Waals surface area contributed by atoms with Crippen LogP contribution in [0.15, 0.2) is 24.3 Å². The highest BCUT2D eigenvalue weighted by atomic mass is 35.5. The average Bonchev–Trinajstić information content (AvgIpc) is 2.29. The molecule has 1 aromatic carbocycles. The van der Waals surface area contributed by atoms with Gasteiger partial charge in [0.2, 0.25) is 5.95 Å². The molecule has 0 amide bonds. The highest BCUT2D eigenvalue weighted by Gasteiger charge is 2.07. The number of anilines is 1. The van der Waals surface area contributed by atoms with Crippen molar-refractivity contribution in [3.8, 4) is 17.4 Å². The average molecular weight is 251 g/mol. The summed E-state index contributed by atoms with van der Waals surface area (Å²) in [5.74, 6) is 0.603. The molecular formula is C11H11ClN4O. The van der Waals surface area contributed by atoms with Crippen molar-refractivity contribution in [1.29, 1.82) is 0 Å². The number of hydrogen-bond acceptors (Lipinski definition) is 5. The molecule has 5 nitrogen and oxygen atoms in total. The van der Waals surface area contributed by atoms with Crippen LogP contribution in [-0.2, 0) is 0 Å². The maximum absolute atomic E-state index is 5.81. The van der Waals surface area contributed by atoms with E-state index in [2.05, 4.69) is 15.0 Å². The van der Waals surface area contributed by atoms with Crippen molar-refractivity contribution in [3.63, 3.8) is 0 Å². The molecule has 1 aromatic heterocycles. The van der Waals surface area contributed by atoms with Gasteiger partial charge in [0.1, 0.15) is 0 Å². The second kappa shape index (κ2) is 4.97. The third-order valence-corrected chi connectivity index (χ3v) is 2.26. The molecule has 0 aliphatic heterocycles. The summed E-state index contributed by atoms with van der Waals surface area (Å²) >= 11 is 5.81. The standard InChI is InChI=1S/C11H11ClN4O/c1-2-17-11-15-9(14-10(13)16-11)7-3-5-8(12)6-4-7/h3-6H,2H2,1H3,(H2,13,14,15,16). The summed E-state index contributed by atoms with van der Waals surface area (Å²) in [6.07, 6.45) is 0. The molecule has 0 aliphatic rings. The first-order valence-corrected chi connectivity index (χ1v) is 5.47. The Bertz CT molecular complexity index is 515. The highest BCUT2D eigenvalue weighted by Crippen LogP contribution is 2.20. The van der Waals surface area contributed by atoms with Gasteiger partial charge in [0.05, 0.1) is 6.61 Å². The fourth-order valence-corrected chi connectivity index (χ4v) is 1.42. The minimum absolute atomic E-state index is 0.133. The normalized spacial score (nSPS) is 10.2. The van der Waals surface area contributed by atoms with Gasteiger partial charge in [-0.1, -0.05) is 11.6 Å². The zero-order chi connectivity index (χ0) is 12.3. The van der Waals surface area contributed by atoms with Gasteiger partial charge < -0.3 is 10.5 Å². The Hall–Kier alpha value is -1.88. The van der Waals surface area contributed by atoms with Crippen LogP contribution < -0.4 is 10.5 Å². The van der Waals surface area contributed by atoms with Crippen molar-refractivity contribution < 1.29 is 4.74 Å². The van der Waals surface area contributed by atoms with Gasteiger partial charge in [0.15, 0.2) is 5.82 Å². The van der Waals surface area contributed by atoms with Crippen molar-refractivity contribution in [2.75, 3.05) is 12.3 Å². The number of hydrogen-bond donors (Lipinski definition) is 1. The summed E-state index contributed by atoms with van der Waals surface area (Å²) in [6.45, 7) is 2.32. The molecule has 2 N–H and O–H groups in total. The number of halogens is 1. The number of nitrogens with zero attached hydrogens (tertiary/aromatic N) is 3. The zero-order valence-corrected chi connectivity index (χ0v) is 9.98. The summed E-state index contributed by atoms with van der Waals surface area (Å²) in [6, 6.07) is 7.37. The maximum atomic E-state index is 5.81. The molecule has 1 heterocycles. The predicted octanol–water partition coefficient (Wildman–Crippen LogP) is 2.17. The fraction of sp³-hybridized carbons (Fsp3) is 0.182. The van der Waals surface area contributed by atoms with Crippen molar-refractivity contribution in [1.82, 2.24) is 15.0 Å². The molecule has 0 saturated carbocycles. The molecular weight excluding hydrogens is 240 g/mol. The minimum Gasteiger partial charge on any atom is -0.464 e. The lowest BCUT2D eigenvalue weighted by Gasteiger charge is -2.04. The Morgan fingerprint density at radius 1 is 1.18 bits per heavy atom. The Labute approximate surface area is 104 Å². The molecule has 17 heavy (non-hydrogen) atoms. The number of aromatic nitrogens is 3. The number of nitrogens with two attached hydrogens (primary N) is 1. The Kier molecular flexibility index (Phi) is 3.39. The molecule has 2 rings (SSSR count). The van der Waals surface area contributed by atoms with Crippen LogP contribution in [0, 0.1) is 0 Å². The van der Waals surface area contributed by atoms with E-state index in [-0.39, 0.29) is 12.0 Å². The summed E-state index contributed by atoms with van der Waals surface area (Å²) in [7, 11) is 0. The third kappa shape index (κ3) is 2.82. The van der Waals surface area contributed by atoms with Gasteiger partial charge >= 0.3 is 6.01 Å². The largest absolute Gasteiger partial charge is 0.464 e. The van der Waals surface area contributed by atoms with E-state index in [0.717, 1.165) is 5.56 Å². The van der Waals surface area contributed by atoms with Crippen LogP contribution in [0.5, 0.6) is 6.01 Å². The van der Waals surface area contributed by atoms with Crippen LogP contribution in [0.1, 0.15) is 6.92 Å². The van der Waals surface area contributed by atoms with Gasteiger partial charge in [-0.3, -0.25) is 0 Å². The van der Waals surface area contributed by atoms with Gasteiger partial charge in [-0.2, -0.15) is 15.0 Å². The van der Waals surface area contributed by atoms with E-state index in [1.54, 1.807) is 12.1 Å². The van der Waals surface area contributed by atoms with Crippen LogP contribution >= 0.6 is 11.6 Å². The lowest BCUT2D eigenvalue weighted by Crippen LogP contribution is -2.04. The molecule has 88 valence electrons. The van der Waals surface area contributed by atoms with E-state index in [4.69, 9.17) is 22.1 Å². The first kappa shape index (κ1) is 11.6. The zero-order valence-electron chi connectivity index (χ0n) is 9.22. The van der Waals surface area contributed by atoms with E-state index in [1.807, 2.05) is 19.1 Å². The number of rotatable bonds is 3. The molecule has 0 fully saturated rings. The highest BCUT2D eigenvalue weighted by molar-refractivity contribution is 6.30. The second-order valence-corrected chi connectivity index (χ2v) is 3.68. The summed E-state index contributed by atoms with van der Waals surface area (Å²) in [5, 5.41) is 0.654. The molecule has 6 heteroatoms. The van der Waals surface area contributed by atoms with Gasteiger partial charge in [-0.15, -0.1) is 0 Å². The van der Waals surface area contributed by atoms with Crippen molar-refractivity contribution >= 4 is 17.5 Å². The molecule has 0 unspecified atom stereocenters. The van der Waals surface area contributed by atoms with Gasteiger partial charge in [0, 0.05) is 10.6 Å². The molecule has 0 saturated heterocycles. The number of nitrogen functional groups attached to an aromatic ring is 1. The second-order valence-electron chi connectivity index (χ2n) is 3.24. The maximum Gasteiger partial charge on any atom is 0.321 e. The third-order valence-electron chi connectivity index (χ3n) is 2.01. The van der Waals surface area contributed by atoms with Crippen LogP contribution in [0.2, 0.25) is 5.02 Å². The lowest BCUT2D eigenvalue weighted by molar-refractivity contribution is 0.312. The Morgan fingerprint density at radius 3 is 2.53 bits per heavy atom. The van der Waals surface area contributed by atoms with E-state index < -0.39 is 0 Å². The molecule has 0 aliphatic carbocycles. The molecule has 0 atom stereocenters. The topological polar surface area (TPSA) is 73.9 Å². The van der Waals surface area contributed by atoms with Crippen LogP contribution in [0.4, 0.5) is 5.95 Å². The van der Waals surface area contributed by atoms with E-state index in [1.165, 1.54) is 0 Å². The minimum atomic E-state index is 0.133. The van der Waals surface area contributed by atoms with Crippen LogP contribution in [0.25, 0.3) is 11.4 Å². The van der Waals surface area contributed by atoms with Crippen molar-refractivity contribution in [2.24, 2.45) is 0 Å². The summed E-state index contributed by atoms with van der Waals surface area (Å²) in [4.78, 5) is 12.1. The van der Waals surface area contributed by atoms with Gasteiger partial charge in [-0.25, -0.2) is 0 Å². The summed E-state index contributed by atoms with van der Waals surface area (Å²) < 4.78 is 5.20. The van der Waals surface area contributed by atoms with Gasteiger partial charge in [0.25, 0.3) is 0 Å². The number of benzene rings is 1. The van der Waals surface area contributed by atoms with E-state index in [0.29, 0.717) is 17.5 Å². The Morgan fingerprint density at radius 2 is 1.88 bits per heavy atom. The molecule has 2 aromatic rings. The smallest absolute Gasteiger partial charge is 0.321 e. The summed E-state index contributed by atoms with van der Waals surface area (Å²) in [5.41, 5.74) is 6.40. The van der Waals surface area contributed by atoms with Crippen molar-refractivity contribution in [2.45, 2.75) is 6.92 Å². The van der Waals surface area contributed by atoms with E-state index in [9.17, 15) is 0 Å². The molecule has 0 bridgehead atoms. The Balaban J connectivity index is 2.40. The van der Waals surface area contributed by atoms with E-state index >= 15 is 0 Å². The number of ether oxygens (including phenoxy) is 1. The van der Waals surface area contributed by atoms with Crippen LogP contribution in [-0.4, -0.2) is 21.6 Å². The fourth-order valence-electron chi connectivity index (χ4n) is 1.29. The molecule has 0 radical (unpaired) electrons. The van der Waals surface area contributed by atoms with Crippen molar-refractivity contribution in [3.05, 3.63) is 29.3 Å². The van der Waals surface area contributed by atoms with Crippen LogP contribution in [0.3, 0.4) is 0 Å². The monoisotopic (exact) mass is 250 g/mol. The molecule has 0 spiro atoms. The lowest BCUT2D eigenvalue weighted by atomic mass is 10.2.